The maximum absolute atomic E-state index is 13.1. The lowest BCUT2D eigenvalue weighted by Gasteiger charge is -2.29. The number of allylic oxidation sites excluding steroid dienone is 1. The largest absolute Gasteiger partial charge is 0.493 e. The number of rotatable bonds is 6. The molecule has 8 heteroatoms. The van der Waals surface area contributed by atoms with E-state index in [1.165, 1.54) is 31.4 Å². The second-order valence-corrected chi connectivity index (χ2v) is 6.37. The van der Waals surface area contributed by atoms with Crippen LogP contribution in [0.1, 0.15) is 25.5 Å². The van der Waals surface area contributed by atoms with Gasteiger partial charge < -0.3 is 25.4 Å². The van der Waals surface area contributed by atoms with Crippen molar-refractivity contribution in [1.29, 1.82) is 0 Å². The van der Waals surface area contributed by atoms with Gasteiger partial charge >= 0.3 is 6.03 Å². The molecule has 1 atom stereocenters. The van der Waals surface area contributed by atoms with Crippen LogP contribution in [-0.4, -0.2) is 25.7 Å². The number of hydrogen-bond acceptors (Lipinski definition) is 4. The van der Waals surface area contributed by atoms with Crippen molar-refractivity contribution < 1.29 is 23.5 Å². The molecule has 0 fully saturated rings. The molecular weight excluding hydrogens is 377 g/mol. The Balaban J connectivity index is 1.95. The minimum absolute atomic E-state index is 0.333. The molecule has 1 aliphatic heterocycles. The molecule has 3 rings (SSSR count). The Morgan fingerprint density at radius 3 is 2.55 bits per heavy atom. The van der Waals surface area contributed by atoms with Crippen LogP contribution in [0, 0.1) is 5.82 Å². The highest BCUT2D eigenvalue weighted by atomic mass is 19.1. The van der Waals surface area contributed by atoms with Gasteiger partial charge in [-0.1, -0.05) is 6.07 Å². The summed E-state index contributed by atoms with van der Waals surface area (Å²) in [4.78, 5) is 25.0. The number of halogens is 1. The zero-order valence-corrected chi connectivity index (χ0v) is 16.3. The molecule has 2 aromatic carbocycles. The summed E-state index contributed by atoms with van der Waals surface area (Å²) in [6.45, 7) is 3.99. The highest BCUT2D eigenvalue weighted by Crippen LogP contribution is 2.34. The number of methoxy groups -OCH3 is 1. The van der Waals surface area contributed by atoms with Crippen molar-refractivity contribution >= 4 is 17.6 Å². The molecule has 0 saturated heterocycles. The number of carbonyl (C=O) groups is 2. The van der Waals surface area contributed by atoms with Crippen LogP contribution in [0.15, 0.2) is 53.7 Å². The standard InChI is InChI=1S/C21H22FN3O4/c1-4-29-16-10-5-13(11-17(16)28-3)19-18(12(2)23-21(27)25-19)20(26)24-15-8-6-14(22)7-9-15/h5-11,19H,4H2,1-3H3,(H,24,26)(H2,23,25,27)/t19-/m0/s1. The zero-order valence-electron chi connectivity index (χ0n) is 16.3. The maximum atomic E-state index is 13.1. The molecule has 3 N–H and O–H groups in total. The van der Waals surface area contributed by atoms with E-state index < -0.39 is 23.8 Å². The molecule has 29 heavy (non-hydrogen) atoms. The highest BCUT2D eigenvalue weighted by Gasteiger charge is 2.31. The quantitative estimate of drug-likeness (QED) is 0.694. The average molecular weight is 399 g/mol. The van der Waals surface area contributed by atoms with Crippen molar-refractivity contribution in [2.45, 2.75) is 19.9 Å². The summed E-state index contributed by atoms with van der Waals surface area (Å²) in [6.07, 6.45) is 0. The van der Waals surface area contributed by atoms with Crippen molar-refractivity contribution in [1.82, 2.24) is 10.6 Å². The topological polar surface area (TPSA) is 88.7 Å². The summed E-state index contributed by atoms with van der Waals surface area (Å²) in [7, 11) is 1.52. The summed E-state index contributed by atoms with van der Waals surface area (Å²) in [5, 5.41) is 8.12. The van der Waals surface area contributed by atoms with Crippen LogP contribution in [0.4, 0.5) is 14.9 Å². The Morgan fingerprint density at radius 2 is 1.90 bits per heavy atom. The first-order valence-corrected chi connectivity index (χ1v) is 9.08. The summed E-state index contributed by atoms with van der Waals surface area (Å²) in [6, 6.07) is 9.55. The van der Waals surface area contributed by atoms with Crippen LogP contribution in [-0.2, 0) is 4.79 Å². The third-order valence-electron chi connectivity index (χ3n) is 4.44. The first kappa shape index (κ1) is 20.2. The molecule has 0 aromatic heterocycles. The number of ether oxygens (including phenoxy) is 2. The number of urea groups is 1. The van der Waals surface area contributed by atoms with Gasteiger partial charge in [0.15, 0.2) is 11.5 Å². The summed E-state index contributed by atoms with van der Waals surface area (Å²) in [5.41, 5.74) is 1.85. The second-order valence-electron chi connectivity index (χ2n) is 6.37. The van der Waals surface area contributed by atoms with E-state index in [0.29, 0.717) is 40.6 Å². The van der Waals surface area contributed by atoms with Gasteiger partial charge in [-0.05, 0) is 55.8 Å². The van der Waals surface area contributed by atoms with Gasteiger partial charge in [-0.3, -0.25) is 4.79 Å². The third kappa shape index (κ3) is 4.48. The van der Waals surface area contributed by atoms with Gasteiger partial charge in [0.1, 0.15) is 5.82 Å². The molecule has 7 nitrogen and oxygen atoms in total. The molecular formula is C21H22FN3O4. The number of anilines is 1. The first-order chi connectivity index (χ1) is 13.9. The monoisotopic (exact) mass is 399 g/mol. The van der Waals surface area contributed by atoms with E-state index in [2.05, 4.69) is 16.0 Å². The molecule has 0 unspecified atom stereocenters. The van der Waals surface area contributed by atoms with Crippen molar-refractivity contribution in [3.63, 3.8) is 0 Å². The van der Waals surface area contributed by atoms with Crippen LogP contribution in [0.3, 0.4) is 0 Å². The number of nitrogens with one attached hydrogen (secondary N) is 3. The molecule has 1 heterocycles. The molecule has 0 aliphatic carbocycles. The molecule has 0 spiro atoms. The third-order valence-corrected chi connectivity index (χ3v) is 4.44. The van der Waals surface area contributed by atoms with Crippen LogP contribution >= 0.6 is 0 Å². The SMILES string of the molecule is CCOc1ccc([C@@H]2NC(=O)NC(C)=C2C(=O)Nc2ccc(F)cc2)cc1OC. The van der Waals surface area contributed by atoms with Gasteiger partial charge in [0.25, 0.3) is 5.91 Å². The van der Waals surface area contributed by atoms with Crippen molar-refractivity contribution in [3.8, 4) is 11.5 Å². The Kier molecular flexibility index (Phi) is 6.01. The van der Waals surface area contributed by atoms with Crippen molar-refractivity contribution in [3.05, 3.63) is 65.1 Å². The molecule has 3 amide bonds. The number of hydrogen-bond donors (Lipinski definition) is 3. The van der Waals surface area contributed by atoms with Crippen molar-refractivity contribution in [2.24, 2.45) is 0 Å². The summed E-state index contributed by atoms with van der Waals surface area (Å²) >= 11 is 0. The lowest BCUT2D eigenvalue weighted by atomic mass is 9.94. The number of benzene rings is 2. The fourth-order valence-electron chi connectivity index (χ4n) is 3.12. The van der Waals surface area contributed by atoms with Gasteiger partial charge in [-0.15, -0.1) is 0 Å². The number of amides is 3. The Hall–Kier alpha value is -3.55. The molecule has 0 bridgehead atoms. The minimum Gasteiger partial charge on any atom is -0.493 e. The minimum atomic E-state index is -0.700. The van der Waals surface area contributed by atoms with Crippen LogP contribution in [0.25, 0.3) is 0 Å². The van der Waals surface area contributed by atoms with Crippen LogP contribution in [0.2, 0.25) is 0 Å². The van der Waals surface area contributed by atoms with Gasteiger partial charge in [0, 0.05) is 11.4 Å². The molecule has 0 saturated carbocycles. The lowest BCUT2D eigenvalue weighted by molar-refractivity contribution is -0.113. The normalized spacial score (nSPS) is 16.0. The van der Waals surface area contributed by atoms with Gasteiger partial charge in [-0.2, -0.15) is 0 Å². The van der Waals surface area contributed by atoms with Gasteiger partial charge in [0.2, 0.25) is 0 Å². The van der Waals surface area contributed by atoms with E-state index in [-0.39, 0.29) is 0 Å². The Morgan fingerprint density at radius 1 is 1.17 bits per heavy atom. The van der Waals surface area contributed by atoms with E-state index >= 15 is 0 Å². The first-order valence-electron chi connectivity index (χ1n) is 9.08. The molecule has 0 radical (unpaired) electrons. The average Bonchev–Trinajstić information content (AvgIpc) is 2.69. The second kappa shape index (κ2) is 8.64. The Labute approximate surface area is 167 Å². The molecule has 1 aliphatic rings. The van der Waals surface area contributed by atoms with E-state index in [1.54, 1.807) is 25.1 Å². The van der Waals surface area contributed by atoms with Gasteiger partial charge in [0.05, 0.1) is 25.3 Å². The summed E-state index contributed by atoms with van der Waals surface area (Å²) < 4.78 is 24.0. The summed E-state index contributed by atoms with van der Waals surface area (Å²) in [5.74, 6) is 0.244. The van der Waals surface area contributed by atoms with Gasteiger partial charge in [-0.25, -0.2) is 9.18 Å². The highest BCUT2D eigenvalue weighted by molar-refractivity contribution is 6.06. The van der Waals surface area contributed by atoms with E-state index in [9.17, 15) is 14.0 Å². The maximum Gasteiger partial charge on any atom is 0.319 e. The predicted octanol–water partition coefficient (Wildman–Crippen LogP) is 3.50. The lowest BCUT2D eigenvalue weighted by Crippen LogP contribution is -2.46. The fraction of sp³-hybridized carbons (Fsp3) is 0.238. The molecule has 2 aromatic rings. The fourth-order valence-corrected chi connectivity index (χ4v) is 3.12. The smallest absolute Gasteiger partial charge is 0.319 e. The van der Waals surface area contributed by atoms with Crippen molar-refractivity contribution in [2.75, 3.05) is 19.0 Å². The number of carbonyl (C=O) groups excluding carboxylic acids is 2. The zero-order chi connectivity index (χ0) is 21.0. The Bertz CT molecular complexity index is 957. The van der Waals surface area contributed by atoms with E-state index in [4.69, 9.17) is 9.47 Å². The van der Waals surface area contributed by atoms with E-state index in [1.807, 2.05) is 6.92 Å². The van der Waals surface area contributed by atoms with E-state index in [0.717, 1.165) is 0 Å². The van der Waals surface area contributed by atoms with Crippen LogP contribution < -0.4 is 25.4 Å². The van der Waals surface area contributed by atoms with Crippen LogP contribution in [0.5, 0.6) is 11.5 Å². The molecule has 152 valence electrons. The predicted molar refractivity (Wildman–Crippen MR) is 106 cm³/mol.